The van der Waals surface area contributed by atoms with Gasteiger partial charge in [0.1, 0.15) is 12.3 Å². The molecule has 0 aliphatic heterocycles. The van der Waals surface area contributed by atoms with Crippen LogP contribution in [0.25, 0.3) is 22.0 Å². The molecule has 0 bridgehead atoms. The fourth-order valence-corrected chi connectivity index (χ4v) is 2.85. The molecule has 0 radical (unpaired) electrons. The van der Waals surface area contributed by atoms with Crippen molar-refractivity contribution in [2.45, 2.75) is 19.8 Å². The van der Waals surface area contributed by atoms with E-state index in [0.717, 1.165) is 0 Å². The lowest BCUT2D eigenvalue weighted by Crippen LogP contribution is -2.21. The van der Waals surface area contributed by atoms with Gasteiger partial charge in [0.15, 0.2) is 0 Å². The van der Waals surface area contributed by atoms with Crippen molar-refractivity contribution in [1.82, 2.24) is 19.7 Å². The Morgan fingerprint density at radius 1 is 1.07 bits per heavy atom. The van der Waals surface area contributed by atoms with Gasteiger partial charge < -0.3 is 9.15 Å². The highest BCUT2D eigenvalue weighted by atomic mass is 19.4. The third-order valence-corrected chi connectivity index (χ3v) is 4.12. The van der Waals surface area contributed by atoms with E-state index in [-0.39, 0.29) is 23.7 Å². The number of hydrogen-bond acceptors (Lipinski definition) is 6. The maximum absolute atomic E-state index is 12.8. The first-order chi connectivity index (χ1) is 13.8. The Bertz CT molecular complexity index is 1230. The molecule has 2 aromatic carbocycles. The van der Waals surface area contributed by atoms with Crippen molar-refractivity contribution < 1.29 is 22.3 Å². The monoisotopic (exact) mass is 402 g/mol. The summed E-state index contributed by atoms with van der Waals surface area (Å²) in [6.45, 7) is 1.73. The van der Waals surface area contributed by atoms with Gasteiger partial charge in [0.25, 0.3) is 5.56 Å². The summed E-state index contributed by atoms with van der Waals surface area (Å²) < 4.78 is 47.4. The molecule has 2 aromatic heterocycles. The first-order valence-electron chi connectivity index (χ1n) is 8.43. The predicted octanol–water partition coefficient (Wildman–Crippen LogP) is 3.70. The third kappa shape index (κ3) is 4.10. The van der Waals surface area contributed by atoms with Gasteiger partial charge in [-0.2, -0.15) is 0 Å². The Balaban J connectivity index is 1.67. The second-order valence-electron chi connectivity index (χ2n) is 6.20. The summed E-state index contributed by atoms with van der Waals surface area (Å²) in [5, 5.41) is 7.95. The van der Waals surface area contributed by atoms with Crippen molar-refractivity contribution in [2.24, 2.45) is 0 Å². The number of nitrogens with zero attached hydrogens (tertiary/aromatic N) is 4. The molecular formula is C19H13F3N4O3. The quantitative estimate of drug-likeness (QED) is 0.518. The normalized spacial score (nSPS) is 11.7. The van der Waals surface area contributed by atoms with Crippen molar-refractivity contribution in [2.75, 3.05) is 0 Å². The number of fused-ring (bicyclic) bond motifs is 1. The molecule has 0 N–H and O–H groups in total. The summed E-state index contributed by atoms with van der Waals surface area (Å²) in [6.07, 6.45) is -3.36. The van der Waals surface area contributed by atoms with E-state index in [1.807, 2.05) is 0 Å². The van der Waals surface area contributed by atoms with Crippen LogP contribution < -0.4 is 10.3 Å². The fraction of sp³-hybridized carbons (Fsp3) is 0.158. The second kappa shape index (κ2) is 7.04. The third-order valence-electron chi connectivity index (χ3n) is 4.12. The molecule has 0 saturated carbocycles. The van der Waals surface area contributed by atoms with E-state index >= 15 is 0 Å². The Labute approximate surface area is 161 Å². The average Bonchev–Trinajstić information content (AvgIpc) is 3.08. The molecule has 0 amide bonds. The second-order valence-corrected chi connectivity index (χ2v) is 6.20. The van der Waals surface area contributed by atoms with Crippen LogP contribution in [0.5, 0.6) is 5.75 Å². The number of halogens is 3. The van der Waals surface area contributed by atoms with E-state index in [1.54, 1.807) is 25.1 Å². The lowest BCUT2D eigenvalue weighted by molar-refractivity contribution is -0.274. The van der Waals surface area contributed by atoms with E-state index in [4.69, 9.17) is 4.42 Å². The largest absolute Gasteiger partial charge is 0.573 e. The Hall–Kier alpha value is -3.69. The maximum atomic E-state index is 12.8. The zero-order chi connectivity index (χ0) is 20.6. The van der Waals surface area contributed by atoms with Gasteiger partial charge in [-0.25, -0.2) is 4.98 Å². The smallest absolute Gasteiger partial charge is 0.424 e. The fourth-order valence-electron chi connectivity index (χ4n) is 2.85. The molecule has 2 heterocycles. The van der Waals surface area contributed by atoms with Crippen molar-refractivity contribution in [3.63, 3.8) is 0 Å². The zero-order valence-electron chi connectivity index (χ0n) is 15.0. The standard InChI is InChI=1S/C19H13F3N4O3/c1-11-24-25-17(28-11)9-26-10-23-16-7-4-13(8-15(16)18(26)27)12-2-5-14(6-3-12)29-19(20,21)22/h2-8,10H,9H2,1H3. The summed E-state index contributed by atoms with van der Waals surface area (Å²) in [4.78, 5) is 17.1. The minimum absolute atomic E-state index is 0.0797. The average molecular weight is 402 g/mol. The Morgan fingerprint density at radius 3 is 2.45 bits per heavy atom. The lowest BCUT2D eigenvalue weighted by Gasteiger charge is -2.10. The molecule has 0 atom stereocenters. The number of benzene rings is 2. The molecule has 0 fully saturated rings. The highest BCUT2D eigenvalue weighted by Gasteiger charge is 2.30. The van der Waals surface area contributed by atoms with Crippen LogP contribution in [0, 0.1) is 6.92 Å². The number of rotatable bonds is 4. The lowest BCUT2D eigenvalue weighted by atomic mass is 10.0. The summed E-state index contributed by atoms with van der Waals surface area (Å²) >= 11 is 0. The molecule has 0 aliphatic rings. The first-order valence-corrected chi connectivity index (χ1v) is 8.43. The van der Waals surface area contributed by atoms with E-state index in [0.29, 0.717) is 27.9 Å². The summed E-state index contributed by atoms with van der Waals surface area (Å²) in [6, 6.07) is 10.4. The molecule has 7 nitrogen and oxygen atoms in total. The molecule has 4 aromatic rings. The topological polar surface area (TPSA) is 83.0 Å². The molecule has 0 aliphatic carbocycles. The van der Waals surface area contributed by atoms with Gasteiger partial charge in [-0.15, -0.1) is 23.4 Å². The Morgan fingerprint density at radius 2 is 1.79 bits per heavy atom. The van der Waals surface area contributed by atoms with Crippen LogP contribution in [0.1, 0.15) is 11.8 Å². The number of aryl methyl sites for hydroxylation is 1. The van der Waals surface area contributed by atoms with Gasteiger partial charge in [0, 0.05) is 6.92 Å². The van der Waals surface area contributed by atoms with E-state index in [9.17, 15) is 18.0 Å². The van der Waals surface area contributed by atoms with Crippen molar-refractivity contribution >= 4 is 10.9 Å². The summed E-state index contributed by atoms with van der Waals surface area (Å²) in [5.74, 6) is 0.352. The molecule has 0 unspecified atom stereocenters. The van der Waals surface area contributed by atoms with Gasteiger partial charge in [0.05, 0.1) is 17.2 Å². The van der Waals surface area contributed by atoms with E-state index < -0.39 is 6.36 Å². The minimum Gasteiger partial charge on any atom is -0.424 e. The molecule has 0 spiro atoms. The van der Waals surface area contributed by atoms with Crippen LogP contribution in [0.15, 0.2) is 58.0 Å². The predicted molar refractivity (Wildman–Crippen MR) is 96.3 cm³/mol. The van der Waals surface area contributed by atoms with Gasteiger partial charge in [-0.05, 0) is 35.4 Å². The van der Waals surface area contributed by atoms with E-state index in [1.165, 1.54) is 35.2 Å². The van der Waals surface area contributed by atoms with Crippen LogP contribution in [0.2, 0.25) is 0 Å². The van der Waals surface area contributed by atoms with Crippen molar-refractivity contribution in [3.8, 4) is 16.9 Å². The minimum atomic E-state index is -4.75. The van der Waals surface area contributed by atoms with Gasteiger partial charge in [0.2, 0.25) is 11.8 Å². The van der Waals surface area contributed by atoms with Crippen molar-refractivity contribution in [1.29, 1.82) is 0 Å². The number of hydrogen-bond donors (Lipinski definition) is 0. The highest BCUT2D eigenvalue weighted by Crippen LogP contribution is 2.27. The molecule has 148 valence electrons. The zero-order valence-corrected chi connectivity index (χ0v) is 15.0. The van der Waals surface area contributed by atoms with Gasteiger partial charge in [-0.3, -0.25) is 9.36 Å². The number of alkyl halides is 3. The highest BCUT2D eigenvalue weighted by molar-refractivity contribution is 5.83. The van der Waals surface area contributed by atoms with Crippen molar-refractivity contribution in [3.05, 3.63) is 70.9 Å². The SMILES string of the molecule is Cc1nnc(Cn2cnc3ccc(-c4ccc(OC(F)(F)F)cc4)cc3c2=O)o1. The van der Waals surface area contributed by atoms with Crippen LogP contribution in [0.3, 0.4) is 0 Å². The maximum Gasteiger partial charge on any atom is 0.573 e. The van der Waals surface area contributed by atoms with Gasteiger partial charge >= 0.3 is 6.36 Å². The molecule has 4 rings (SSSR count). The summed E-state index contributed by atoms with van der Waals surface area (Å²) in [7, 11) is 0. The number of ether oxygens (including phenoxy) is 1. The van der Waals surface area contributed by atoms with Crippen LogP contribution in [-0.4, -0.2) is 26.1 Å². The van der Waals surface area contributed by atoms with E-state index in [2.05, 4.69) is 19.9 Å². The molecule has 10 heteroatoms. The molecule has 29 heavy (non-hydrogen) atoms. The number of aromatic nitrogens is 4. The van der Waals surface area contributed by atoms with Crippen LogP contribution >= 0.6 is 0 Å². The molecule has 0 saturated heterocycles. The summed E-state index contributed by atoms with van der Waals surface area (Å²) in [5.41, 5.74) is 1.48. The van der Waals surface area contributed by atoms with Crippen LogP contribution in [0.4, 0.5) is 13.2 Å². The first kappa shape index (κ1) is 18.7. The molecular weight excluding hydrogens is 389 g/mol. The van der Waals surface area contributed by atoms with Gasteiger partial charge in [-0.1, -0.05) is 18.2 Å². The van der Waals surface area contributed by atoms with Crippen LogP contribution in [-0.2, 0) is 6.54 Å². The Kier molecular flexibility index (Phi) is 4.53.